The molecule has 3 atom stereocenters. The number of hydrogen-bond acceptors (Lipinski definition) is 4. The van der Waals surface area contributed by atoms with Gasteiger partial charge < -0.3 is 10.4 Å². The lowest BCUT2D eigenvalue weighted by atomic mass is 9.87. The fourth-order valence-electron chi connectivity index (χ4n) is 4.32. The van der Waals surface area contributed by atoms with Crippen molar-refractivity contribution >= 4 is 61.9 Å². The Morgan fingerprint density at radius 2 is 2.07 bits per heavy atom. The third-order valence-electron chi connectivity index (χ3n) is 5.85. The minimum atomic E-state index is -1.02. The summed E-state index contributed by atoms with van der Waals surface area (Å²) in [5, 5.41) is 15.6. The number of hydrogen-bond donors (Lipinski definition) is 3. The van der Waals surface area contributed by atoms with E-state index in [-0.39, 0.29) is 24.2 Å². The molecule has 0 radical (unpaired) electrons. The molecule has 1 aliphatic carbocycles. The number of carboxylic acid groups (broad SMARTS) is 1. The fraction of sp³-hybridized carbons (Fsp3) is 0.304. The average molecular weight is 504 g/mol. The van der Waals surface area contributed by atoms with Crippen LogP contribution in [0.25, 0.3) is 10.1 Å². The number of aryl methyl sites for hydroxylation is 1. The molecule has 0 spiro atoms. The van der Waals surface area contributed by atoms with Crippen LogP contribution < -0.4 is 5.32 Å². The van der Waals surface area contributed by atoms with Gasteiger partial charge in [0.2, 0.25) is 5.91 Å². The van der Waals surface area contributed by atoms with E-state index >= 15 is 0 Å². The molecular weight excluding hydrogens is 482 g/mol. The van der Waals surface area contributed by atoms with Crippen molar-refractivity contribution in [2.75, 3.05) is 5.75 Å². The van der Waals surface area contributed by atoms with Crippen LogP contribution in [0.3, 0.4) is 0 Å². The van der Waals surface area contributed by atoms with E-state index in [2.05, 4.69) is 46.0 Å². The van der Waals surface area contributed by atoms with Gasteiger partial charge in [0.15, 0.2) is 0 Å². The number of thiol groups is 1. The van der Waals surface area contributed by atoms with Crippen LogP contribution in [0.1, 0.15) is 29.0 Å². The van der Waals surface area contributed by atoms with Crippen molar-refractivity contribution in [1.82, 2.24) is 5.32 Å². The van der Waals surface area contributed by atoms with Crippen molar-refractivity contribution in [3.05, 3.63) is 69.0 Å². The number of fused-ring (bicyclic) bond motifs is 2. The first kappa shape index (κ1) is 21.4. The van der Waals surface area contributed by atoms with Crippen molar-refractivity contribution in [2.24, 2.45) is 5.92 Å². The molecule has 0 bridgehead atoms. The van der Waals surface area contributed by atoms with Gasteiger partial charge in [-0.25, -0.2) is 4.79 Å². The molecule has 4 nitrogen and oxygen atoms in total. The predicted octanol–water partition coefficient (Wildman–Crippen LogP) is 5.05. The first-order valence-electron chi connectivity index (χ1n) is 9.85. The molecule has 0 unspecified atom stereocenters. The predicted molar refractivity (Wildman–Crippen MR) is 128 cm³/mol. The minimum Gasteiger partial charge on any atom is -0.480 e. The maximum atomic E-state index is 13.1. The van der Waals surface area contributed by atoms with E-state index in [0.29, 0.717) is 5.75 Å². The Morgan fingerprint density at radius 1 is 1.27 bits per heavy atom. The Kier molecular flexibility index (Phi) is 6.51. The molecule has 156 valence electrons. The van der Waals surface area contributed by atoms with Crippen LogP contribution in [-0.2, 0) is 22.4 Å². The van der Waals surface area contributed by atoms with E-state index in [1.165, 1.54) is 11.1 Å². The molecule has 1 aromatic heterocycles. The molecule has 1 aliphatic rings. The first-order chi connectivity index (χ1) is 14.5. The standard InChI is InChI=1S/C23H22BrNO3S2/c24-15-6-8-16-13(9-15)5-7-18(16)19(11-29)22(26)25-20(23(27)28)10-14-12-30-21-4-2-1-3-17(14)21/h1-4,6,8-9,12,18-20,29H,5,7,10-11H2,(H,25,26)(H,27,28)/t18-,19-,20-/m0/s1. The van der Waals surface area contributed by atoms with E-state index in [4.69, 9.17) is 0 Å². The molecule has 30 heavy (non-hydrogen) atoms. The second-order valence-corrected chi connectivity index (χ2v) is 9.83. The highest BCUT2D eigenvalue weighted by Crippen LogP contribution is 2.40. The number of carbonyl (C=O) groups excluding carboxylic acids is 1. The molecule has 0 saturated heterocycles. The average Bonchev–Trinajstić information content (AvgIpc) is 3.32. The summed E-state index contributed by atoms with van der Waals surface area (Å²) in [4.78, 5) is 25.0. The zero-order chi connectivity index (χ0) is 21.3. The molecular formula is C23H22BrNO3S2. The molecule has 1 amide bonds. The molecule has 0 fully saturated rings. The van der Waals surface area contributed by atoms with Crippen molar-refractivity contribution in [2.45, 2.75) is 31.2 Å². The molecule has 1 heterocycles. The second kappa shape index (κ2) is 9.12. The second-order valence-electron chi connectivity index (χ2n) is 7.64. The van der Waals surface area contributed by atoms with E-state index in [1.54, 1.807) is 11.3 Å². The SMILES string of the molecule is O=C(O)[C@H](Cc1csc2ccccc12)NC(=O)[C@@H](CS)[C@H]1CCc2cc(Br)ccc21. The zero-order valence-electron chi connectivity index (χ0n) is 16.2. The van der Waals surface area contributed by atoms with E-state index in [1.807, 2.05) is 35.7 Å². The number of amides is 1. The number of thiophene rings is 1. The summed E-state index contributed by atoms with van der Waals surface area (Å²) in [6.07, 6.45) is 2.05. The van der Waals surface area contributed by atoms with Crippen LogP contribution in [0.4, 0.5) is 0 Å². The first-order valence-corrected chi connectivity index (χ1v) is 12.2. The summed E-state index contributed by atoms with van der Waals surface area (Å²) >= 11 is 9.53. The number of nitrogens with one attached hydrogen (secondary N) is 1. The normalized spacial score (nSPS) is 17.5. The molecule has 0 aliphatic heterocycles. The molecule has 0 saturated carbocycles. The number of benzene rings is 2. The number of halogens is 1. The summed E-state index contributed by atoms with van der Waals surface area (Å²) in [5.74, 6) is -1.19. The van der Waals surface area contributed by atoms with Gasteiger partial charge in [-0.3, -0.25) is 4.79 Å². The van der Waals surface area contributed by atoms with Crippen LogP contribution in [0.15, 0.2) is 52.3 Å². The van der Waals surface area contributed by atoms with Gasteiger partial charge in [0.1, 0.15) is 6.04 Å². The largest absolute Gasteiger partial charge is 0.480 e. The number of carbonyl (C=O) groups is 2. The Hall–Kier alpha value is -1.83. The maximum absolute atomic E-state index is 13.1. The number of rotatable bonds is 7. The summed E-state index contributed by atoms with van der Waals surface area (Å²) in [6, 6.07) is 13.1. The van der Waals surface area contributed by atoms with Crippen molar-refractivity contribution in [1.29, 1.82) is 0 Å². The van der Waals surface area contributed by atoms with Gasteiger partial charge >= 0.3 is 5.97 Å². The fourth-order valence-corrected chi connectivity index (χ4v) is 6.12. The van der Waals surface area contributed by atoms with E-state index in [0.717, 1.165) is 33.0 Å². The van der Waals surface area contributed by atoms with Gasteiger partial charge in [0, 0.05) is 21.3 Å². The van der Waals surface area contributed by atoms with Crippen molar-refractivity contribution in [3.63, 3.8) is 0 Å². The molecule has 2 aromatic carbocycles. The Morgan fingerprint density at radius 3 is 2.83 bits per heavy atom. The minimum absolute atomic E-state index is 0.0574. The smallest absolute Gasteiger partial charge is 0.326 e. The Labute approximate surface area is 193 Å². The van der Waals surface area contributed by atoms with Gasteiger partial charge in [-0.15, -0.1) is 11.3 Å². The van der Waals surface area contributed by atoms with Crippen LogP contribution in [-0.4, -0.2) is 28.8 Å². The summed E-state index contributed by atoms with van der Waals surface area (Å²) < 4.78 is 2.15. The Bertz CT molecular complexity index is 1100. The summed E-state index contributed by atoms with van der Waals surface area (Å²) in [6.45, 7) is 0. The third kappa shape index (κ3) is 4.29. The molecule has 7 heteroatoms. The maximum Gasteiger partial charge on any atom is 0.326 e. The Balaban J connectivity index is 1.52. The lowest BCUT2D eigenvalue weighted by Gasteiger charge is -2.24. The van der Waals surface area contributed by atoms with E-state index in [9.17, 15) is 14.7 Å². The van der Waals surface area contributed by atoms with Gasteiger partial charge in [-0.05, 0) is 64.4 Å². The van der Waals surface area contributed by atoms with Gasteiger partial charge in [-0.1, -0.05) is 40.2 Å². The van der Waals surface area contributed by atoms with Crippen molar-refractivity contribution < 1.29 is 14.7 Å². The van der Waals surface area contributed by atoms with Crippen LogP contribution in [0, 0.1) is 5.92 Å². The lowest BCUT2D eigenvalue weighted by molar-refractivity contribution is -0.142. The van der Waals surface area contributed by atoms with Crippen molar-refractivity contribution in [3.8, 4) is 0 Å². The highest BCUT2D eigenvalue weighted by molar-refractivity contribution is 9.10. The van der Waals surface area contributed by atoms with Crippen LogP contribution in [0.2, 0.25) is 0 Å². The van der Waals surface area contributed by atoms with Gasteiger partial charge in [-0.2, -0.15) is 12.6 Å². The molecule has 3 aromatic rings. The highest BCUT2D eigenvalue weighted by atomic mass is 79.9. The summed E-state index contributed by atoms with van der Waals surface area (Å²) in [5.41, 5.74) is 3.36. The zero-order valence-corrected chi connectivity index (χ0v) is 19.5. The molecule has 4 rings (SSSR count). The number of aliphatic carboxylic acids is 1. The lowest BCUT2D eigenvalue weighted by Crippen LogP contribution is -2.46. The number of carboxylic acids is 1. The topological polar surface area (TPSA) is 66.4 Å². The highest BCUT2D eigenvalue weighted by Gasteiger charge is 2.35. The summed E-state index contributed by atoms with van der Waals surface area (Å²) in [7, 11) is 0. The monoisotopic (exact) mass is 503 g/mol. The van der Waals surface area contributed by atoms with Gasteiger partial charge in [0.25, 0.3) is 0 Å². The third-order valence-corrected chi connectivity index (χ3v) is 7.75. The quantitative estimate of drug-likeness (QED) is 0.395. The van der Waals surface area contributed by atoms with Crippen LogP contribution >= 0.6 is 39.9 Å². The van der Waals surface area contributed by atoms with Gasteiger partial charge in [0.05, 0.1) is 5.92 Å². The van der Waals surface area contributed by atoms with E-state index < -0.39 is 12.0 Å². The van der Waals surface area contributed by atoms with Crippen LogP contribution in [0.5, 0.6) is 0 Å². The molecule has 2 N–H and O–H groups in total.